The summed E-state index contributed by atoms with van der Waals surface area (Å²) in [6.07, 6.45) is 1.52. The molecule has 18 heavy (non-hydrogen) atoms. The van der Waals surface area contributed by atoms with Crippen molar-refractivity contribution in [2.75, 3.05) is 13.1 Å². The van der Waals surface area contributed by atoms with Gasteiger partial charge in [-0.05, 0) is 24.6 Å². The predicted octanol–water partition coefficient (Wildman–Crippen LogP) is 0.179. The molecule has 1 saturated heterocycles. The van der Waals surface area contributed by atoms with Gasteiger partial charge in [-0.25, -0.2) is 4.98 Å². The summed E-state index contributed by atoms with van der Waals surface area (Å²) in [6, 6.07) is 5.35. The first-order valence-electron chi connectivity index (χ1n) is 6.01. The van der Waals surface area contributed by atoms with E-state index in [1.807, 2.05) is 19.1 Å². The molecule has 3 heterocycles. The Hall–Kier alpha value is -1.72. The zero-order chi connectivity index (χ0) is 12.7. The van der Waals surface area contributed by atoms with Gasteiger partial charge in [0.15, 0.2) is 0 Å². The normalized spacial score (nSPS) is 17.0. The maximum atomic E-state index is 11.9. The highest BCUT2D eigenvalue weighted by Crippen LogP contribution is 2.11. The minimum atomic E-state index is -0.228. The molecule has 0 amide bonds. The lowest BCUT2D eigenvalue weighted by Crippen LogP contribution is -2.50. The molecular formula is C13H15N3O2. The lowest BCUT2D eigenvalue weighted by Gasteiger charge is -2.35. The van der Waals surface area contributed by atoms with E-state index in [1.54, 1.807) is 16.7 Å². The second-order valence-electron chi connectivity index (χ2n) is 4.87. The fourth-order valence-electron chi connectivity index (χ4n) is 2.24. The van der Waals surface area contributed by atoms with E-state index in [0.29, 0.717) is 25.3 Å². The highest BCUT2D eigenvalue weighted by molar-refractivity contribution is 5.41. The summed E-state index contributed by atoms with van der Waals surface area (Å²) in [5, 5.41) is 9.23. The summed E-state index contributed by atoms with van der Waals surface area (Å²) in [5.74, 6) is 0. The molecule has 1 aliphatic heterocycles. The predicted molar refractivity (Wildman–Crippen MR) is 67.5 cm³/mol. The molecule has 2 aromatic heterocycles. The number of aliphatic hydroxyl groups excluding tert-OH is 1. The van der Waals surface area contributed by atoms with Crippen molar-refractivity contribution >= 4 is 5.65 Å². The van der Waals surface area contributed by atoms with Crippen LogP contribution in [-0.2, 0) is 6.54 Å². The molecule has 94 valence electrons. The molecule has 0 aromatic carbocycles. The van der Waals surface area contributed by atoms with Crippen LogP contribution in [0.15, 0.2) is 29.2 Å². The van der Waals surface area contributed by atoms with Crippen molar-refractivity contribution in [2.24, 2.45) is 0 Å². The van der Waals surface area contributed by atoms with Gasteiger partial charge in [0, 0.05) is 31.9 Å². The number of aliphatic hydroxyl groups is 1. The molecule has 0 aliphatic carbocycles. The van der Waals surface area contributed by atoms with Gasteiger partial charge in [0.2, 0.25) is 0 Å². The molecule has 1 N–H and O–H groups in total. The van der Waals surface area contributed by atoms with Crippen LogP contribution in [0.25, 0.3) is 5.65 Å². The molecule has 5 nitrogen and oxygen atoms in total. The molecule has 0 bridgehead atoms. The van der Waals surface area contributed by atoms with Crippen molar-refractivity contribution in [1.29, 1.82) is 0 Å². The Labute approximate surface area is 104 Å². The van der Waals surface area contributed by atoms with Crippen LogP contribution in [0.4, 0.5) is 0 Å². The Morgan fingerprint density at radius 2 is 2.22 bits per heavy atom. The first-order chi connectivity index (χ1) is 8.61. The molecule has 0 atom stereocenters. The van der Waals surface area contributed by atoms with Gasteiger partial charge >= 0.3 is 0 Å². The van der Waals surface area contributed by atoms with E-state index in [4.69, 9.17) is 0 Å². The summed E-state index contributed by atoms with van der Waals surface area (Å²) in [7, 11) is 0. The number of rotatable bonds is 2. The number of nitrogens with zero attached hydrogens (tertiary/aromatic N) is 3. The van der Waals surface area contributed by atoms with E-state index in [2.05, 4.69) is 9.88 Å². The summed E-state index contributed by atoms with van der Waals surface area (Å²) in [6.45, 7) is 3.92. The van der Waals surface area contributed by atoms with Crippen LogP contribution in [0.3, 0.4) is 0 Å². The molecule has 1 fully saturated rings. The molecule has 2 aromatic rings. The Bertz CT molecular complexity index is 644. The zero-order valence-electron chi connectivity index (χ0n) is 10.2. The molecule has 0 spiro atoms. The highest BCUT2D eigenvalue weighted by atomic mass is 16.3. The minimum Gasteiger partial charge on any atom is -0.390 e. The number of aromatic nitrogens is 2. The summed E-state index contributed by atoms with van der Waals surface area (Å²) >= 11 is 0. The van der Waals surface area contributed by atoms with Crippen LogP contribution in [0.1, 0.15) is 11.3 Å². The fraction of sp³-hybridized carbons (Fsp3) is 0.385. The van der Waals surface area contributed by atoms with Crippen LogP contribution < -0.4 is 5.56 Å². The summed E-state index contributed by atoms with van der Waals surface area (Å²) < 4.78 is 1.54. The maximum absolute atomic E-state index is 11.9. The third kappa shape index (κ3) is 2.02. The number of pyridine rings is 1. The van der Waals surface area contributed by atoms with E-state index in [-0.39, 0.29) is 11.7 Å². The zero-order valence-corrected chi connectivity index (χ0v) is 10.2. The average Bonchev–Trinajstić information content (AvgIpc) is 2.26. The minimum absolute atomic E-state index is 0.0592. The summed E-state index contributed by atoms with van der Waals surface area (Å²) in [4.78, 5) is 18.5. The van der Waals surface area contributed by atoms with E-state index in [0.717, 1.165) is 11.3 Å². The molecule has 0 saturated carbocycles. The maximum Gasteiger partial charge on any atom is 0.258 e. The Morgan fingerprint density at radius 1 is 1.44 bits per heavy atom. The van der Waals surface area contributed by atoms with Crippen molar-refractivity contribution in [3.05, 3.63) is 46.0 Å². The number of fused-ring (bicyclic) bond motifs is 1. The molecular weight excluding hydrogens is 230 g/mol. The third-order valence-electron chi connectivity index (χ3n) is 3.20. The number of aryl methyl sites for hydroxylation is 1. The first kappa shape index (κ1) is 11.4. The molecule has 0 unspecified atom stereocenters. The SMILES string of the molecule is Cc1ccn2c(=O)cc(CN3CC(O)C3)nc2c1. The number of hydrogen-bond donors (Lipinski definition) is 1. The lowest BCUT2D eigenvalue weighted by molar-refractivity contribution is -0.00352. The van der Waals surface area contributed by atoms with Crippen LogP contribution in [0, 0.1) is 6.92 Å². The van der Waals surface area contributed by atoms with Gasteiger partial charge in [-0.3, -0.25) is 14.1 Å². The smallest absolute Gasteiger partial charge is 0.258 e. The third-order valence-corrected chi connectivity index (χ3v) is 3.20. The van der Waals surface area contributed by atoms with Gasteiger partial charge in [0.1, 0.15) is 5.65 Å². The first-order valence-corrected chi connectivity index (χ1v) is 6.01. The number of hydrogen-bond acceptors (Lipinski definition) is 4. The van der Waals surface area contributed by atoms with Gasteiger partial charge in [-0.2, -0.15) is 0 Å². The quantitative estimate of drug-likeness (QED) is 0.820. The second-order valence-corrected chi connectivity index (χ2v) is 4.87. The van der Waals surface area contributed by atoms with E-state index < -0.39 is 0 Å². The van der Waals surface area contributed by atoms with Crippen molar-refractivity contribution < 1.29 is 5.11 Å². The van der Waals surface area contributed by atoms with Crippen LogP contribution >= 0.6 is 0 Å². The van der Waals surface area contributed by atoms with Crippen LogP contribution in [0.2, 0.25) is 0 Å². The molecule has 1 aliphatic rings. The van der Waals surface area contributed by atoms with E-state index in [9.17, 15) is 9.90 Å². The molecule has 5 heteroatoms. The number of β-amino-alcohol motifs (C(OH)–C–C–N with tert-alkyl or cyclic N) is 1. The van der Waals surface area contributed by atoms with Gasteiger partial charge in [-0.1, -0.05) is 0 Å². The van der Waals surface area contributed by atoms with Crippen LogP contribution in [0.5, 0.6) is 0 Å². The van der Waals surface area contributed by atoms with Gasteiger partial charge < -0.3 is 5.11 Å². The van der Waals surface area contributed by atoms with Crippen LogP contribution in [-0.4, -0.2) is 38.6 Å². The average molecular weight is 245 g/mol. The molecule has 3 rings (SSSR count). The van der Waals surface area contributed by atoms with Crippen molar-refractivity contribution in [3.63, 3.8) is 0 Å². The van der Waals surface area contributed by atoms with Crippen molar-refractivity contribution in [1.82, 2.24) is 14.3 Å². The van der Waals surface area contributed by atoms with E-state index in [1.165, 1.54) is 0 Å². The van der Waals surface area contributed by atoms with Gasteiger partial charge in [0.05, 0.1) is 11.8 Å². The fourth-order valence-corrected chi connectivity index (χ4v) is 2.24. The van der Waals surface area contributed by atoms with Gasteiger partial charge in [0.25, 0.3) is 5.56 Å². The van der Waals surface area contributed by atoms with E-state index >= 15 is 0 Å². The Balaban J connectivity index is 1.96. The Kier molecular flexibility index (Phi) is 2.65. The monoisotopic (exact) mass is 245 g/mol. The van der Waals surface area contributed by atoms with Gasteiger partial charge in [-0.15, -0.1) is 0 Å². The lowest BCUT2D eigenvalue weighted by atomic mass is 10.1. The second kappa shape index (κ2) is 4.19. The highest BCUT2D eigenvalue weighted by Gasteiger charge is 2.24. The van der Waals surface area contributed by atoms with Crippen molar-refractivity contribution in [2.45, 2.75) is 19.6 Å². The molecule has 0 radical (unpaired) electrons. The standard InChI is InChI=1S/C13H15N3O2/c1-9-2-3-16-12(4-9)14-10(5-13(16)18)6-15-7-11(17)8-15/h2-5,11,17H,6-8H2,1H3. The number of likely N-dealkylation sites (tertiary alicyclic amines) is 1. The summed E-state index contributed by atoms with van der Waals surface area (Å²) in [5.41, 5.74) is 2.46. The van der Waals surface area contributed by atoms with Crippen molar-refractivity contribution in [3.8, 4) is 0 Å². The largest absolute Gasteiger partial charge is 0.390 e. The topological polar surface area (TPSA) is 57.8 Å². The Morgan fingerprint density at radius 3 is 2.94 bits per heavy atom.